The number of hydrogen-bond acceptors (Lipinski definition) is 6. The highest BCUT2D eigenvalue weighted by molar-refractivity contribution is 5.77. The Morgan fingerprint density at radius 1 is 1.25 bits per heavy atom. The van der Waals surface area contributed by atoms with E-state index in [1.807, 2.05) is 36.4 Å². The number of pyridine rings is 1. The number of carbonyl (C=O) groups excluding carboxylic acids is 1. The van der Waals surface area contributed by atoms with Crippen LogP contribution in [0, 0.1) is 0 Å². The van der Waals surface area contributed by atoms with E-state index in [-0.39, 0.29) is 18.2 Å². The zero-order valence-corrected chi connectivity index (χ0v) is 13.1. The third-order valence-electron chi connectivity index (χ3n) is 3.34. The number of rotatable bonds is 6. The maximum Gasteiger partial charge on any atom is 0.236 e. The first-order valence-corrected chi connectivity index (χ1v) is 7.37. The monoisotopic (exact) mass is 324 g/mol. The number of hydrogen-bond donors (Lipinski definition) is 1. The lowest BCUT2D eigenvalue weighted by molar-refractivity contribution is -0.120. The van der Waals surface area contributed by atoms with Crippen molar-refractivity contribution in [1.82, 2.24) is 20.4 Å². The minimum Gasteiger partial charge on any atom is -0.497 e. The van der Waals surface area contributed by atoms with Crippen molar-refractivity contribution in [1.29, 1.82) is 0 Å². The van der Waals surface area contributed by atoms with E-state index in [2.05, 4.69) is 20.4 Å². The van der Waals surface area contributed by atoms with Gasteiger partial charge in [-0.15, -0.1) is 0 Å². The van der Waals surface area contributed by atoms with Crippen LogP contribution in [0.2, 0.25) is 0 Å². The van der Waals surface area contributed by atoms with Gasteiger partial charge < -0.3 is 14.6 Å². The number of amides is 1. The highest BCUT2D eigenvalue weighted by Crippen LogP contribution is 2.19. The van der Waals surface area contributed by atoms with E-state index < -0.39 is 0 Å². The molecule has 0 aliphatic carbocycles. The fraction of sp³-hybridized carbons (Fsp3) is 0.176. The van der Waals surface area contributed by atoms with Gasteiger partial charge in [0.1, 0.15) is 12.2 Å². The summed E-state index contributed by atoms with van der Waals surface area (Å²) in [5.74, 6) is 1.26. The van der Waals surface area contributed by atoms with Crippen LogP contribution in [0.1, 0.15) is 11.5 Å². The fourth-order valence-corrected chi connectivity index (χ4v) is 2.09. The first kappa shape index (κ1) is 15.7. The molecule has 7 heteroatoms. The molecule has 1 N–H and O–H groups in total. The second-order valence-electron chi connectivity index (χ2n) is 5.06. The summed E-state index contributed by atoms with van der Waals surface area (Å²) in [7, 11) is 1.60. The number of nitrogens with one attached hydrogen (secondary N) is 1. The van der Waals surface area contributed by atoms with Gasteiger partial charge in [0, 0.05) is 24.5 Å². The Kier molecular flexibility index (Phi) is 4.81. The van der Waals surface area contributed by atoms with Crippen molar-refractivity contribution in [2.24, 2.45) is 0 Å². The van der Waals surface area contributed by atoms with E-state index in [4.69, 9.17) is 9.26 Å². The van der Waals surface area contributed by atoms with E-state index in [1.54, 1.807) is 19.5 Å². The smallest absolute Gasteiger partial charge is 0.236 e. The molecule has 0 unspecified atom stereocenters. The lowest BCUT2D eigenvalue weighted by atomic mass is 10.2. The van der Waals surface area contributed by atoms with Crippen molar-refractivity contribution < 1.29 is 14.1 Å². The zero-order chi connectivity index (χ0) is 16.8. The van der Waals surface area contributed by atoms with E-state index >= 15 is 0 Å². The average molecular weight is 324 g/mol. The van der Waals surface area contributed by atoms with Crippen molar-refractivity contribution in [3.8, 4) is 17.1 Å². The molecule has 24 heavy (non-hydrogen) atoms. The lowest BCUT2D eigenvalue weighted by Crippen LogP contribution is -2.24. The third kappa shape index (κ3) is 3.95. The Balaban J connectivity index is 1.58. The molecule has 0 aliphatic rings. The molecule has 122 valence electrons. The van der Waals surface area contributed by atoms with Gasteiger partial charge in [-0.2, -0.15) is 4.98 Å². The molecule has 7 nitrogen and oxygen atoms in total. The maximum absolute atomic E-state index is 11.9. The number of benzene rings is 1. The molecule has 0 saturated heterocycles. The molecule has 0 fully saturated rings. The molecule has 1 aromatic carbocycles. The van der Waals surface area contributed by atoms with Gasteiger partial charge in [-0.3, -0.25) is 9.78 Å². The summed E-state index contributed by atoms with van der Waals surface area (Å²) in [5.41, 5.74) is 1.72. The van der Waals surface area contributed by atoms with E-state index in [0.717, 1.165) is 16.9 Å². The second kappa shape index (κ2) is 7.36. The SMILES string of the molecule is COc1ccc(-c2noc(CC(=O)NCc3cccnc3)n2)cc1. The number of nitrogens with zero attached hydrogens (tertiary/aromatic N) is 3. The molecule has 0 aliphatic heterocycles. The number of methoxy groups -OCH3 is 1. The maximum atomic E-state index is 11.9. The normalized spacial score (nSPS) is 10.4. The van der Waals surface area contributed by atoms with Crippen LogP contribution in [0.3, 0.4) is 0 Å². The first-order valence-electron chi connectivity index (χ1n) is 7.37. The Morgan fingerprint density at radius 2 is 2.08 bits per heavy atom. The van der Waals surface area contributed by atoms with Gasteiger partial charge in [-0.1, -0.05) is 11.2 Å². The molecular formula is C17H16N4O3. The zero-order valence-electron chi connectivity index (χ0n) is 13.1. The van der Waals surface area contributed by atoms with Gasteiger partial charge in [-0.25, -0.2) is 0 Å². The van der Waals surface area contributed by atoms with Gasteiger partial charge in [0.2, 0.25) is 17.6 Å². The van der Waals surface area contributed by atoms with Crippen molar-refractivity contribution in [3.63, 3.8) is 0 Å². The Morgan fingerprint density at radius 3 is 2.79 bits per heavy atom. The van der Waals surface area contributed by atoms with Gasteiger partial charge >= 0.3 is 0 Å². The summed E-state index contributed by atoms with van der Waals surface area (Å²) in [6, 6.07) is 11.0. The highest BCUT2D eigenvalue weighted by Gasteiger charge is 2.12. The lowest BCUT2D eigenvalue weighted by Gasteiger charge is -2.02. The fourth-order valence-electron chi connectivity index (χ4n) is 2.09. The van der Waals surface area contributed by atoms with Crippen molar-refractivity contribution in [2.75, 3.05) is 7.11 Å². The topological polar surface area (TPSA) is 90.1 Å². The molecule has 0 radical (unpaired) electrons. The Hall–Kier alpha value is -3.22. The van der Waals surface area contributed by atoms with E-state index in [9.17, 15) is 4.79 Å². The molecule has 0 atom stereocenters. The van der Waals surface area contributed by atoms with Crippen LogP contribution in [-0.2, 0) is 17.8 Å². The van der Waals surface area contributed by atoms with Crippen LogP contribution in [0.25, 0.3) is 11.4 Å². The van der Waals surface area contributed by atoms with Crippen molar-refractivity contribution in [2.45, 2.75) is 13.0 Å². The van der Waals surface area contributed by atoms with Gasteiger partial charge in [-0.05, 0) is 35.9 Å². The van der Waals surface area contributed by atoms with Crippen LogP contribution >= 0.6 is 0 Å². The molecule has 3 aromatic rings. The second-order valence-corrected chi connectivity index (χ2v) is 5.06. The van der Waals surface area contributed by atoms with Gasteiger partial charge in [0.05, 0.1) is 7.11 Å². The summed E-state index contributed by atoms with van der Waals surface area (Å²) >= 11 is 0. The number of aromatic nitrogens is 3. The van der Waals surface area contributed by atoms with Crippen LogP contribution in [-0.4, -0.2) is 28.1 Å². The Labute approximate surface area is 138 Å². The number of carbonyl (C=O) groups is 1. The summed E-state index contributed by atoms with van der Waals surface area (Å²) in [4.78, 5) is 20.2. The van der Waals surface area contributed by atoms with Crippen molar-refractivity contribution >= 4 is 5.91 Å². The Bertz CT molecular complexity index is 800. The summed E-state index contributed by atoms with van der Waals surface area (Å²) in [5, 5.41) is 6.68. The molecule has 2 heterocycles. The van der Waals surface area contributed by atoms with Gasteiger partial charge in [0.25, 0.3) is 0 Å². The van der Waals surface area contributed by atoms with Crippen LogP contribution in [0.15, 0.2) is 53.3 Å². The first-order chi connectivity index (χ1) is 11.7. The molecule has 2 aromatic heterocycles. The minimum absolute atomic E-state index is 0.0312. The third-order valence-corrected chi connectivity index (χ3v) is 3.34. The van der Waals surface area contributed by atoms with Crippen LogP contribution < -0.4 is 10.1 Å². The number of ether oxygens (including phenoxy) is 1. The average Bonchev–Trinajstić information content (AvgIpc) is 3.09. The van der Waals surface area contributed by atoms with E-state index in [1.165, 1.54) is 0 Å². The van der Waals surface area contributed by atoms with E-state index in [0.29, 0.717) is 12.4 Å². The molecule has 0 spiro atoms. The molecule has 0 saturated carbocycles. The largest absolute Gasteiger partial charge is 0.497 e. The predicted octanol–water partition coefficient (Wildman–Crippen LogP) is 2.00. The standard InChI is InChI=1S/C17H16N4O3/c1-23-14-6-4-13(5-7-14)17-20-16(24-21-17)9-15(22)19-11-12-3-2-8-18-10-12/h2-8,10H,9,11H2,1H3,(H,19,22). The predicted molar refractivity (Wildman–Crippen MR) is 86.1 cm³/mol. The minimum atomic E-state index is -0.191. The molecule has 3 rings (SSSR count). The summed E-state index contributed by atoms with van der Waals surface area (Å²) in [6.07, 6.45) is 3.42. The molecule has 0 bridgehead atoms. The highest BCUT2D eigenvalue weighted by atomic mass is 16.5. The summed E-state index contributed by atoms with van der Waals surface area (Å²) in [6.45, 7) is 0.409. The van der Waals surface area contributed by atoms with Crippen LogP contribution in [0.4, 0.5) is 0 Å². The summed E-state index contributed by atoms with van der Waals surface area (Å²) < 4.78 is 10.2. The van der Waals surface area contributed by atoms with Crippen molar-refractivity contribution in [3.05, 3.63) is 60.2 Å². The quantitative estimate of drug-likeness (QED) is 0.746. The molecule has 1 amide bonds. The van der Waals surface area contributed by atoms with Gasteiger partial charge in [0.15, 0.2) is 0 Å². The molecular weight excluding hydrogens is 308 g/mol. The van der Waals surface area contributed by atoms with Crippen LogP contribution in [0.5, 0.6) is 5.75 Å².